The first-order chi connectivity index (χ1) is 16.8. The van der Waals surface area contributed by atoms with E-state index in [4.69, 9.17) is 39.0 Å². The zero-order valence-corrected chi connectivity index (χ0v) is 20.7. The van der Waals surface area contributed by atoms with Gasteiger partial charge in [-0.1, -0.05) is 40.9 Å². The minimum atomic E-state index is -4.62. The van der Waals surface area contributed by atoms with E-state index in [0.717, 1.165) is 18.2 Å². The number of benzene rings is 3. The smallest absolute Gasteiger partial charge is 0.376 e. The van der Waals surface area contributed by atoms with Gasteiger partial charge in [-0.3, -0.25) is 4.79 Å². The molecule has 0 radical (unpaired) electrons. The normalized spacial score (nSPS) is 12.1. The third-order valence-electron chi connectivity index (χ3n) is 4.44. The number of amides is 1. The first-order valence-corrected chi connectivity index (χ1v) is 12.1. The summed E-state index contributed by atoms with van der Waals surface area (Å²) in [5.74, 6) is -1.38. The van der Waals surface area contributed by atoms with Crippen molar-refractivity contribution in [2.75, 3.05) is 5.32 Å². The monoisotopic (exact) mass is 574 g/mol. The predicted octanol–water partition coefficient (Wildman–Crippen LogP) is 6.98. The number of hydrogen-bond donors (Lipinski definition) is 1. The highest BCUT2D eigenvalue weighted by atomic mass is 35.5. The van der Waals surface area contributed by atoms with Crippen LogP contribution in [0.2, 0.25) is 15.1 Å². The lowest BCUT2D eigenvalue weighted by molar-refractivity contribution is -0.137. The minimum absolute atomic E-state index is 0.122. The molecular formula is C23H12Cl3F3N2O4S. The molecule has 0 aliphatic rings. The van der Waals surface area contributed by atoms with Crippen molar-refractivity contribution in [3.05, 3.63) is 92.4 Å². The van der Waals surface area contributed by atoms with E-state index in [1.165, 1.54) is 42.5 Å². The van der Waals surface area contributed by atoms with Crippen LogP contribution in [0.5, 0.6) is 5.75 Å². The molecule has 186 valence electrons. The number of nitrogens with one attached hydrogen (secondary N) is 1. The number of hydrogen-bond acceptors (Lipinski definition) is 5. The Balaban J connectivity index is 1.85. The molecule has 3 aromatic rings. The molecule has 0 saturated carbocycles. The molecule has 36 heavy (non-hydrogen) atoms. The van der Waals surface area contributed by atoms with Crippen LogP contribution in [0.15, 0.2) is 71.1 Å². The zero-order chi connectivity index (χ0) is 26.7. The van der Waals surface area contributed by atoms with E-state index in [2.05, 4.69) is 5.32 Å². The molecule has 0 aliphatic heterocycles. The topological polar surface area (TPSA) is 96.3 Å². The molecule has 0 heterocycles. The summed E-state index contributed by atoms with van der Waals surface area (Å²) >= 11 is 18.0. The van der Waals surface area contributed by atoms with Crippen LogP contribution < -0.4 is 9.50 Å². The molecular weight excluding hydrogens is 564 g/mol. The van der Waals surface area contributed by atoms with E-state index < -0.39 is 39.1 Å². The second-order valence-electron chi connectivity index (χ2n) is 7.01. The Morgan fingerprint density at radius 2 is 1.61 bits per heavy atom. The van der Waals surface area contributed by atoms with Gasteiger partial charge in [-0.15, -0.1) is 0 Å². The number of carbonyl (C=O) groups excluding carboxylic acids is 1. The predicted molar refractivity (Wildman–Crippen MR) is 129 cm³/mol. The van der Waals surface area contributed by atoms with Gasteiger partial charge < -0.3 is 9.50 Å². The highest BCUT2D eigenvalue weighted by Crippen LogP contribution is 2.37. The third-order valence-corrected chi connectivity index (χ3v) is 6.49. The second kappa shape index (κ2) is 10.8. The Morgan fingerprint density at radius 3 is 2.17 bits per heavy atom. The van der Waals surface area contributed by atoms with Crippen LogP contribution in [0.3, 0.4) is 0 Å². The van der Waals surface area contributed by atoms with E-state index in [-0.39, 0.29) is 26.2 Å². The first-order valence-electron chi connectivity index (χ1n) is 9.59. The molecule has 0 saturated heterocycles. The van der Waals surface area contributed by atoms with E-state index in [9.17, 15) is 31.6 Å². The fourth-order valence-electron chi connectivity index (χ4n) is 2.79. The first kappa shape index (κ1) is 27.4. The quantitative estimate of drug-likeness (QED) is 0.194. The summed E-state index contributed by atoms with van der Waals surface area (Å²) in [6.07, 6.45) is -3.55. The van der Waals surface area contributed by atoms with E-state index in [1.807, 2.05) is 0 Å². The number of anilines is 1. The Bertz CT molecular complexity index is 1480. The summed E-state index contributed by atoms with van der Waals surface area (Å²) in [7, 11) is -4.32. The van der Waals surface area contributed by atoms with Crippen LogP contribution in [-0.4, -0.2) is 14.3 Å². The minimum Gasteiger partial charge on any atom is -0.376 e. The highest BCUT2D eigenvalue weighted by molar-refractivity contribution is 7.87. The fraction of sp³-hybridized carbons (Fsp3) is 0.0435. The average molecular weight is 576 g/mol. The van der Waals surface area contributed by atoms with Gasteiger partial charge in [-0.05, 0) is 66.2 Å². The van der Waals surface area contributed by atoms with Gasteiger partial charge in [0.2, 0.25) is 0 Å². The van der Waals surface area contributed by atoms with Gasteiger partial charge in [-0.25, -0.2) is 0 Å². The molecule has 3 aromatic carbocycles. The standard InChI is InChI=1S/C23H12Cl3F3N2O4S/c24-16-4-6-18(7-5-16)36(33,34)35-21-19(25)9-13(10-20(21)26)8-14(12-30)22(32)31-17-3-1-2-15(11-17)23(27,28)29/h1-11H,(H,31,32)/b14-8+. The van der Waals surface area contributed by atoms with Crippen LogP contribution in [0, 0.1) is 11.3 Å². The Morgan fingerprint density at radius 1 is 1.00 bits per heavy atom. The maximum atomic E-state index is 12.9. The van der Waals surface area contributed by atoms with Crippen LogP contribution >= 0.6 is 34.8 Å². The van der Waals surface area contributed by atoms with Crippen molar-refractivity contribution in [3.63, 3.8) is 0 Å². The van der Waals surface area contributed by atoms with Gasteiger partial charge >= 0.3 is 16.3 Å². The van der Waals surface area contributed by atoms with Gasteiger partial charge in [0, 0.05) is 10.7 Å². The largest absolute Gasteiger partial charge is 0.416 e. The summed E-state index contributed by atoms with van der Waals surface area (Å²) in [4.78, 5) is 12.2. The van der Waals surface area contributed by atoms with Gasteiger partial charge in [0.15, 0.2) is 5.75 Å². The van der Waals surface area contributed by atoms with Crippen LogP contribution in [0.4, 0.5) is 18.9 Å². The summed E-state index contributed by atoms with van der Waals surface area (Å²) in [5.41, 5.74) is -1.52. The average Bonchev–Trinajstić information content (AvgIpc) is 2.79. The molecule has 0 spiro atoms. The van der Waals surface area contributed by atoms with E-state index in [1.54, 1.807) is 6.07 Å². The van der Waals surface area contributed by atoms with Crippen molar-refractivity contribution in [1.82, 2.24) is 0 Å². The molecule has 0 fully saturated rings. The van der Waals surface area contributed by atoms with Crippen molar-refractivity contribution in [2.45, 2.75) is 11.1 Å². The van der Waals surface area contributed by atoms with E-state index >= 15 is 0 Å². The summed E-state index contributed by atoms with van der Waals surface area (Å²) in [6.45, 7) is 0. The lowest BCUT2D eigenvalue weighted by Crippen LogP contribution is -2.14. The molecule has 3 rings (SSSR count). The molecule has 13 heteroatoms. The Hall–Kier alpha value is -3.23. The highest BCUT2D eigenvalue weighted by Gasteiger charge is 2.30. The van der Waals surface area contributed by atoms with Crippen LogP contribution in [0.1, 0.15) is 11.1 Å². The SMILES string of the molecule is N#C/C(=C\c1cc(Cl)c(OS(=O)(=O)c2ccc(Cl)cc2)c(Cl)c1)C(=O)Nc1cccc(C(F)(F)F)c1. The lowest BCUT2D eigenvalue weighted by atomic mass is 10.1. The van der Waals surface area contributed by atoms with E-state index in [0.29, 0.717) is 11.1 Å². The Labute approximate surface area is 218 Å². The van der Waals surface area contributed by atoms with Crippen molar-refractivity contribution in [2.24, 2.45) is 0 Å². The molecule has 1 amide bonds. The van der Waals surface area contributed by atoms with Crippen molar-refractivity contribution in [1.29, 1.82) is 5.26 Å². The number of rotatable bonds is 6. The van der Waals surface area contributed by atoms with Gasteiger partial charge in [0.25, 0.3) is 5.91 Å². The summed E-state index contributed by atoms with van der Waals surface area (Å²) in [5, 5.41) is 11.4. The number of alkyl halides is 3. The van der Waals surface area contributed by atoms with Crippen molar-refractivity contribution in [3.8, 4) is 11.8 Å². The number of halogens is 6. The second-order valence-corrected chi connectivity index (χ2v) is 9.80. The molecule has 0 aromatic heterocycles. The third kappa shape index (κ3) is 6.71. The number of nitriles is 1. The summed E-state index contributed by atoms with van der Waals surface area (Å²) < 4.78 is 68.7. The molecule has 1 N–H and O–H groups in total. The zero-order valence-electron chi connectivity index (χ0n) is 17.6. The van der Waals surface area contributed by atoms with Gasteiger partial charge in [0.1, 0.15) is 16.5 Å². The number of carbonyl (C=O) groups is 1. The maximum Gasteiger partial charge on any atom is 0.416 e. The molecule has 0 bridgehead atoms. The molecule has 0 aliphatic carbocycles. The van der Waals surface area contributed by atoms with Gasteiger partial charge in [-0.2, -0.15) is 26.9 Å². The number of nitrogens with zero attached hydrogens (tertiary/aromatic N) is 1. The fourth-order valence-corrected chi connectivity index (χ4v) is 4.55. The van der Waals surface area contributed by atoms with Crippen LogP contribution in [0.25, 0.3) is 6.08 Å². The van der Waals surface area contributed by atoms with Crippen LogP contribution in [-0.2, 0) is 21.1 Å². The van der Waals surface area contributed by atoms with Crippen molar-refractivity contribution < 1.29 is 30.6 Å². The lowest BCUT2D eigenvalue weighted by Gasteiger charge is -2.11. The molecule has 6 nitrogen and oxygen atoms in total. The maximum absolute atomic E-state index is 12.9. The van der Waals surface area contributed by atoms with Crippen molar-refractivity contribution >= 4 is 62.6 Å². The summed E-state index contributed by atoms with van der Waals surface area (Å²) in [6, 6.07) is 13.0. The molecule has 0 atom stereocenters. The Kier molecular flexibility index (Phi) is 8.21. The molecule has 0 unspecified atom stereocenters. The van der Waals surface area contributed by atoms with Gasteiger partial charge in [0.05, 0.1) is 15.6 Å².